The fourth-order valence-corrected chi connectivity index (χ4v) is 1.82. The molecule has 0 bridgehead atoms. The van der Waals surface area contributed by atoms with Crippen LogP contribution in [0.4, 0.5) is 0 Å². The Hall–Kier alpha value is 0. The van der Waals surface area contributed by atoms with E-state index in [0.717, 1.165) is 11.8 Å². The van der Waals surface area contributed by atoms with Crippen LogP contribution in [0.3, 0.4) is 0 Å². The Balaban J connectivity index is 4.04. The highest BCUT2D eigenvalue weighted by molar-refractivity contribution is 4.74. The van der Waals surface area contributed by atoms with Crippen LogP contribution < -0.4 is 0 Å². The zero-order valence-electron chi connectivity index (χ0n) is 9.78. The van der Waals surface area contributed by atoms with Crippen molar-refractivity contribution in [2.75, 3.05) is 0 Å². The maximum Gasteiger partial charge on any atom is -0.0354 e. The molecule has 0 aliphatic rings. The maximum atomic E-state index is 2.37. The number of rotatable bonds is 4. The molecular weight excluding hydrogens is 144 g/mol. The molecule has 1 atom stereocenters. The van der Waals surface area contributed by atoms with Gasteiger partial charge < -0.3 is 0 Å². The lowest BCUT2D eigenvalue weighted by molar-refractivity contribution is 0.190. The quantitative estimate of drug-likeness (QED) is 0.583. The van der Waals surface area contributed by atoms with E-state index in [1.807, 2.05) is 0 Å². The summed E-state index contributed by atoms with van der Waals surface area (Å²) in [6.45, 7) is 14.1. The van der Waals surface area contributed by atoms with Gasteiger partial charge in [0.1, 0.15) is 0 Å². The smallest absolute Gasteiger partial charge is 0.0354 e. The van der Waals surface area contributed by atoms with Crippen molar-refractivity contribution in [3.05, 3.63) is 0 Å². The highest BCUT2D eigenvalue weighted by Crippen LogP contribution is 2.34. The van der Waals surface area contributed by atoms with E-state index in [-0.39, 0.29) is 0 Å². The minimum Gasteiger partial charge on any atom is -0.0654 e. The molecule has 0 fully saturated rings. The van der Waals surface area contributed by atoms with Crippen LogP contribution in [-0.4, -0.2) is 0 Å². The summed E-state index contributed by atoms with van der Waals surface area (Å²) in [5.74, 6) is 1.75. The molecule has 0 rings (SSSR count). The largest absolute Gasteiger partial charge is 0.0654 e. The minimum atomic E-state index is 0.500. The van der Waals surface area contributed by atoms with Crippen LogP contribution in [0.2, 0.25) is 0 Å². The lowest BCUT2D eigenvalue weighted by Gasteiger charge is -2.32. The van der Waals surface area contributed by atoms with Gasteiger partial charge in [0.25, 0.3) is 0 Å². The number of hydrogen-bond donors (Lipinski definition) is 0. The van der Waals surface area contributed by atoms with Crippen LogP contribution in [-0.2, 0) is 0 Å². The van der Waals surface area contributed by atoms with Crippen molar-refractivity contribution in [3.8, 4) is 0 Å². The molecule has 0 aromatic carbocycles. The average Bonchev–Trinajstić information content (AvgIpc) is 1.83. The molecule has 0 radical (unpaired) electrons. The molecule has 0 heteroatoms. The lowest BCUT2D eigenvalue weighted by Crippen LogP contribution is -2.21. The van der Waals surface area contributed by atoms with E-state index < -0.39 is 0 Å². The Labute approximate surface area is 78.8 Å². The van der Waals surface area contributed by atoms with Crippen molar-refractivity contribution in [1.82, 2.24) is 0 Å². The molecule has 0 N–H and O–H groups in total. The Morgan fingerprint density at radius 1 is 1.08 bits per heavy atom. The number of hydrogen-bond acceptors (Lipinski definition) is 0. The van der Waals surface area contributed by atoms with Gasteiger partial charge in [-0.3, -0.25) is 0 Å². The first-order valence-electron chi connectivity index (χ1n) is 5.38. The average molecular weight is 170 g/mol. The lowest BCUT2D eigenvalue weighted by atomic mass is 9.74. The van der Waals surface area contributed by atoms with E-state index in [9.17, 15) is 0 Å². The van der Waals surface area contributed by atoms with E-state index in [1.54, 1.807) is 0 Å². The van der Waals surface area contributed by atoms with E-state index in [2.05, 4.69) is 41.5 Å². The molecule has 0 saturated carbocycles. The van der Waals surface area contributed by atoms with Crippen molar-refractivity contribution in [2.45, 2.75) is 60.8 Å². The third-order valence-electron chi connectivity index (χ3n) is 2.62. The first kappa shape index (κ1) is 12.0. The standard InChI is InChI=1S/C12H26/c1-7-8-11(9-10(2)3)12(4,5)6/h10-11H,7-9H2,1-6H3. The van der Waals surface area contributed by atoms with Crippen molar-refractivity contribution in [1.29, 1.82) is 0 Å². The van der Waals surface area contributed by atoms with Crippen LogP contribution in [0, 0.1) is 17.3 Å². The van der Waals surface area contributed by atoms with E-state index in [0.29, 0.717) is 5.41 Å². The SMILES string of the molecule is CCCC(CC(C)C)C(C)(C)C. The zero-order valence-corrected chi connectivity index (χ0v) is 9.78. The minimum absolute atomic E-state index is 0.500. The second kappa shape index (κ2) is 4.89. The summed E-state index contributed by atoms with van der Waals surface area (Å²) in [7, 11) is 0. The van der Waals surface area contributed by atoms with Crippen LogP contribution >= 0.6 is 0 Å². The van der Waals surface area contributed by atoms with Gasteiger partial charge in [-0.05, 0) is 23.7 Å². The van der Waals surface area contributed by atoms with Crippen LogP contribution in [0.1, 0.15) is 60.8 Å². The Morgan fingerprint density at radius 3 is 1.83 bits per heavy atom. The van der Waals surface area contributed by atoms with Gasteiger partial charge in [-0.25, -0.2) is 0 Å². The monoisotopic (exact) mass is 170 g/mol. The van der Waals surface area contributed by atoms with Crippen molar-refractivity contribution in [3.63, 3.8) is 0 Å². The molecule has 0 saturated heterocycles. The molecule has 0 aromatic rings. The molecule has 0 amide bonds. The van der Waals surface area contributed by atoms with Gasteiger partial charge in [0.2, 0.25) is 0 Å². The van der Waals surface area contributed by atoms with E-state index >= 15 is 0 Å². The van der Waals surface area contributed by atoms with Crippen molar-refractivity contribution >= 4 is 0 Å². The van der Waals surface area contributed by atoms with Gasteiger partial charge in [0, 0.05) is 0 Å². The van der Waals surface area contributed by atoms with Gasteiger partial charge in [-0.2, -0.15) is 0 Å². The van der Waals surface area contributed by atoms with Crippen molar-refractivity contribution < 1.29 is 0 Å². The third-order valence-corrected chi connectivity index (χ3v) is 2.62. The predicted molar refractivity (Wildman–Crippen MR) is 57.3 cm³/mol. The second-order valence-electron chi connectivity index (χ2n) is 5.48. The molecular formula is C12H26. The van der Waals surface area contributed by atoms with Crippen LogP contribution in [0.15, 0.2) is 0 Å². The van der Waals surface area contributed by atoms with Gasteiger partial charge >= 0.3 is 0 Å². The topological polar surface area (TPSA) is 0 Å². The molecule has 0 spiro atoms. The Kier molecular flexibility index (Phi) is 4.89. The normalized spacial score (nSPS) is 15.2. The first-order chi connectivity index (χ1) is 5.38. The Morgan fingerprint density at radius 2 is 1.58 bits per heavy atom. The zero-order chi connectivity index (χ0) is 9.78. The molecule has 0 aliphatic carbocycles. The van der Waals surface area contributed by atoms with Gasteiger partial charge in [-0.1, -0.05) is 54.4 Å². The van der Waals surface area contributed by atoms with Crippen LogP contribution in [0.5, 0.6) is 0 Å². The summed E-state index contributed by atoms with van der Waals surface area (Å²) >= 11 is 0. The molecule has 12 heavy (non-hydrogen) atoms. The summed E-state index contributed by atoms with van der Waals surface area (Å²) in [5.41, 5.74) is 0.500. The summed E-state index contributed by atoms with van der Waals surface area (Å²) in [6, 6.07) is 0. The van der Waals surface area contributed by atoms with Gasteiger partial charge in [0.05, 0.1) is 0 Å². The molecule has 0 heterocycles. The predicted octanol–water partition coefficient (Wildman–Crippen LogP) is 4.49. The molecule has 74 valence electrons. The molecule has 0 aromatic heterocycles. The van der Waals surface area contributed by atoms with Crippen molar-refractivity contribution in [2.24, 2.45) is 17.3 Å². The second-order valence-corrected chi connectivity index (χ2v) is 5.48. The highest BCUT2D eigenvalue weighted by Gasteiger charge is 2.23. The van der Waals surface area contributed by atoms with Gasteiger partial charge in [-0.15, -0.1) is 0 Å². The summed E-state index contributed by atoms with van der Waals surface area (Å²) in [4.78, 5) is 0. The van der Waals surface area contributed by atoms with E-state index in [1.165, 1.54) is 19.3 Å². The maximum absolute atomic E-state index is 2.37. The molecule has 0 nitrogen and oxygen atoms in total. The molecule has 1 unspecified atom stereocenters. The Bertz CT molecular complexity index is 106. The summed E-state index contributed by atoms with van der Waals surface area (Å²) in [5, 5.41) is 0. The van der Waals surface area contributed by atoms with E-state index in [4.69, 9.17) is 0 Å². The highest BCUT2D eigenvalue weighted by atomic mass is 14.3. The fourth-order valence-electron chi connectivity index (χ4n) is 1.82. The first-order valence-corrected chi connectivity index (χ1v) is 5.38. The summed E-state index contributed by atoms with van der Waals surface area (Å²) in [6.07, 6.45) is 4.10. The summed E-state index contributed by atoms with van der Waals surface area (Å²) < 4.78 is 0. The van der Waals surface area contributed by atoms with Crippen LogP contribution in [0.25, 0.3) is 0 Å². The third kappa shape index (κ3) is 4.79. The van der Waals surface area contributed by atoms with Gasteiger partial charge in [0.15, 0.2) is 0 Å². The fraction of sp³-hybridized carbons (Fsp3) is 1.00. The molecule has 0 aliphatic heterocycles.